The maximum absolute atomic E-state index is 12.5. The first-order valence-electron chi connectivity index (χ1n) is 7.74. The Kier molecular flexibility index (Phi) is 3.54. The Bertz CT molecular complexity index is 992. The number of fused-ring (bicyclic) bond motifs is 2. The van der Waals surface area contributed by atoms with E-state index in [2.05, 4.69) is 11.7 Å². The number of rotatable bonds is 4. The largest absolute Gasteiger partial charge is 0.454 e. The number of nitrogens with zero attached hydrogens (tertiary/aromatic N) is 2. The van der Waals surface area contributed by atoms with Crippen molar-refractivity contribution in [2.24, 2.45) is 0 Å². The van der Waals surface area contributed by atoms with Crippen LogP contribution < -0.4 is 15.0 Å². The average molecular weight is 320 g/mol. The molecule has 0 fully saturated rings. The summed E-state index contributed by atoms with van der Waals surface area (Å²) in [6, 6.07) is 13.4. The first-order chi connectivity index (χ1) is 11.8. The lowest BCUT2D eigenvalue weighted by atomic mass is 10.0. The summed E-state index contributed by atoms with van der Waals surface area (Å²) in [5, 5.41) is 6.09. The standard InChI is InChI=1S/C19H16N2O3/c1-2-9-21-19(22)15-6-4-3-5-14(15)16(20-21)10-13-7-8-17-18(11-13)24-12-23-17/h2-8,11H,1,9-10,12H2. The molecule has 5 nitrogen and oxygen atoms in total. The topological polar surface area (TPSA) is 53.4 Å². The Morgan fingerprint density at radius 3 is 2.75 bits per heavy atom. The fraction of sp³-hybridized carbons (Fsp3) is 0.158. The second-order valence-electron chi connectivity index (χ2n) is 5.63. The second-order valence-corrected chi connectivity index (χ2v) is 5.63. The van der Waals surface area contributed by atoms with Gasteiger partial charge in [0.1, 0.15) is 0 Å². The van der Waals surface area contributed by atoms with Crippen LogP contribution in [-0.4, -0.2) is 16.6 Å². The van der Waals surface area contributed by atoms with Crippen LogP contribution >= 0.6 is 0 Å². The summed E-state index contributed by atoms with van der Waals surface area (Å²) < 4.78 is 12.2. The molecule has 0 atom stereocenters. The summed E-state index contributed by atoms with van der Waals surface area (Å²) in [7, 11) is 0. The molecule has 0 aliphatic carbocycles. The highest BCUT2D eigenvalue weighted by molar-refractivity contribution is 5.83. The fourth-order valence-corrected chi connectivity index (χ4v) is 2.93. The molecule has 24 heavy (non-hydrogen) atoms. The molecule has 0 N–H and O–H groups in total. The number of allylic oxidation sites excluding steroid dienone is 1. The van der Waals surface area contributed by atoms with Crippen LogP contribution in [0.4, 0.5) is 0 Å². The van der Waals surface area contributed by atoms with Gasteiger partial charge in [-0.3, -0.25) is 4.79 Å². The van der Waals surface area contributed by atoms with E-state index in [9.17, 15) is 4.79 Å². The Hall–Kier alpha value is -3.08. The lowest BCUT2D eigenvalue weighted by molar-refractivity contribution is 0.174. The van der Waals surface area contributed by atoms with Crippen LogP contribution in [0.3, 0.4) is 0 Å². The van der Waals surface area contributed by atoms with E-state index in [0.29, 0.717) is 18.4 Å². The van der Waals surface area contributed by atoms with Crippen LogP contribution in [0, 0.1) is 0 Å². The summed E-state index contributed by atoms with van der Waals surface area (Å²) >= 11 is 0. The van der Waals surface area contributed by atoms with Crippen molar-refractivity contribution in [3.8, 4) is 11.5 Å². The molecule has 0 saturated heterocycles. The number of ether oxygens (including phenoxy) is 2. The van der Waals surface area contributed by atoms with Crippen molar-refractivity contribution >= 4 is 10.8 Å². The predicted octanol–water partition coefficient (Wildman–Crippen LogP) is 2.90. The van der Waals surface area contributed by atoms with Crippen molar-refractivity contribution in [1.29, 1.82) is 0 Å². The van der Waals surface area contributed by atoms with Crippen molar-refractivity contribution in [3.63, 3.8) is 0 Å². The van der Waals surface area contributed by atoms with Gasteiger partial charge in [-0.1, -0.05) is 30.3 Å². The highest BCUT2D eigenvalue weighted by Gasteiger charge is 2.15. The number of benzene rings is 2. The fourth-order valence-electron chi connectivity index (χ4n) is 2.93. The monoisotopic (exact) mass is 320 g/mol. The van der Waals surface area contributed by atoms with Crippen LogP contribution in [0.5, 0.6) is 11.5 Å². The van der Waals surface area contributed by atoms with Crippen LogP contribution in [-0.2, 0) is 13.0 Å². The summed E-state index contributed by atoms with van der Waals surface area (Å²) in [6.07, 6.45) is 2.28. The lowest BCUT2D eigenvalue weighted by Crippen LogP contribution is -2.24. The van der Waals surface area contributed by atoms with Crippen molar-refractivity contribution in [2.45, 2.75) is 13.0 Å². The van der Waals surface area contributed by atoms with Gasteiger partial charge in [-0.05, 0) is 23.8 Å². The van der Waals surface area contributed by atoms with Crippen LogP contribution in [0.1, 0.15) is 11.3 Å². The van der Waals surface area contributed by atoms with Gasteiger partial charge in [0.25, 0.3) is 5.56 Å². The number of hydrogen-bond acceptors (Lipinski definition) is 4. The summed E-state index contributed by atoms with van der Waals surface area (Å²) in [4.78, 5) is 12.5. The first-order valence-corrected chi connectivity index (χ1v) is 7.74. The van der Waals surface area contributed by atoms with E-state index in [1.165, 1.54) is 4.68 Å². The summed E-state index contributed by atoms with van der Waals surface area (Å²) in [6.45, 7) is 4.34. The van der Waals surface area contributed by atoms with Gasteiger partial charge < -0.3 is 9.47 Å². The minimum absolute atomic E-state index is 0.0973. The zero-order valence-electron chi connectivity index (χ0n) is 13.1. The molecule has 2 heterocycles. The zero-order chi connectivity index (χ0) is 16.5. The maximum Gasteiger partial charge on any atom is 0.274 e. The molecule has 0 saturated carbocycles. The molecular formula is C19H16N2O3. The van der Waals surface area contributed by atoms with Gasteiger partial charge in [0.15, 0.2) is 11.5 Å². The van der Waals surface area contributed by atoms with Crippen molar-refractivity contribution in [1.82, 2.24) is 9.78 Å². The lowest BCUT2D eigenvalue weighted by Gasteiger charge is -2.10. The molecule has 3 aromatic rings. The van der Waals surface area contributed by atoms with E-state index in [-0.39, 0.29) is 12.4 Å². The number of aromatic nitrogens is 2. The van der Waals surface area contributed by atoms with Gasteiger partial charge in [0.05, 0.1) is 17.6 Å². The Morgan fingerprint density at radius 2 is 1.92 bits per heavy atom. The Morgan fingerprint density at radius 1 is 1.12 bits per heavy atom. The van der Waals surface area contributed by atoms with Crippen LogP contribution in [0.15, 0.2) is 59.9 Å². The van der Waals surface area contributed by atoms with Gasteiger partial charge in [0, 0.05) is 11.8 Å². The molecule has 0 radical (unpaired) electrons. The predicted molar refractivity (Wildman–Crippen MR) is 91.6 cm³/mol. The van der Waals surface area contributed by atoms with Gasteiger partial charge in [-0.25, -0.2) is 4.68 Å². The molecule has 5 heteroatoms. The molecule has 0 unspecified atom stereocenters. The van der Waals surface area contributed by atoms with E-state index < -0.39 is 0 Å². The molecule has 2 aromatic carbocycles. The highest BCUT2D eigenvalue weighted by Crippen LogP contribution is 2.33. The minimum atomic E-state index is -0.0973. The Labute approximate surface area is 138 Å². The summed E-state index contributed by atoms with van der Waals surface area (Å²) in [5.74, 6) is 1.50. The van der Waals surface area contributed by atoms with Crippen molar-refractivity contribution in [3.05, 3.63) is 76.7 Å². The summed E-state index contributed by atoms with van der Waals surface area (Å²) in [5.41, 5.74) is 1.81. The third kappa shape index (κ3) is 2.44. The molecule has 1 aromatic heterocycles. The molecule has 120 valence electrons. The Balaban J connectivity index is 1.82. The third-order valence-electron chi connectivity index (χ3n) is 4.05. The van der Waals surface area contributed by atoms with E-state index in [0.717, 1.165) is 28.1 Å². The van der Waals surface area contributed by atoms with Gasteiger partial charge in [0.2, 0.25) is 6.79 Å². The van der Waals surface area contributed by atoms with E-state index in [1.807, 2.05) is 42.5 Å². The SMILES string of the molecule is C=CCn1nc(Cc2ccc3c(c2)OCO3)c2ccccc2c1=O. The molecular weight excluding hydrogens is 304 g/mol. The van der Waals surface area contributed by atoms with Crippen LogP contribution in [0.25, 0.3) is 10.8 Å². The molecule has 1 aliphatic rings. The average Bonchev–Trinajstić information content (AvgIpc) is 3.07. The van der Waals surface area contributed by atoms with E-state index in [4.69, 9.17) is 9.47 Å². The molecule has 0 spiro atoms. The normalized spacial score (nSPS) is 12.5. The smallest absolute Gasteiger partial charge is 0.274 e. The van der Waals surface area contributed by atoms with Gasteiger partial charge >= 0.3 is 0 Å². The molecule has 1 aliphatic heterocycles. The molecule has 4 rings (SSSR count). The van der Waals surface area contributed by atoms with Gasteiger partial charge in [-0.2, -0.15) is 5.10 Å². The first kappa shape index (κ1) is 14.5. The maximum atomic E-state index is 12.5. The number of hydrogen-bond donors (Lipinski definition) is 0. The minimum Gasteiger partial charge on any atom is -0.454 e. The van der Waals surface area contributed by atoms with E-state index in [1.54, 1.807) is 6.08 Å². The van der Waals surface area contributed by atoms with Gasteiger partial charge in [-0.15, -0.1) is 6.58 Å². The molecule has 0 amide bonds. The third-order valence-corrected chi connectivity index (χ3v) is 4.05. The van der Waals surface area contributed by atoms with Crippen molar-refractivity contribution in [2.75, 3.05) is 6.79 Å². The zero-order valence-corrected chi connectivity index (χ0v) is 13.1. The molecule has 0 bridgehead atoms. The highest BCUT2D eigenvalue weighted by atomic mass is 16.7. The quantitative estimate of drug-likeness (QED) is 0.694. The van der Waals surface area contributed by atoms with E-state index >= 15 is 0 Å². The second kappa shape index (κ2) is 5.85. The van der Waals surface area contributed by atoms with Crippen LogP contribution in [0.2, 0.25) is 0 Å². The van der Waals surface area contributed by atoms with Crippen molar-refractivity contribution < 1.29 is 9.47 Å².